The van der Waals surface area contributed by atoms with E-state index in [9.17, 15) is 43.2 Å². The maximum Gasteiger partial charge on any atom is 0.472 e. The van der Waals surface area contributed by atoms with Crippen LogP contribution in [0, 0.1) is 11.8 Å². The first kappa shape index (κ1) is 90.5. The molecular weight excluding hydrogens is 1220 g/mol. The van der Waals surface area contributed by atoms with Gasteiger partial charge >= 0.3 is 39.5 Å². The Balaban J connectivity index is 5.28. The Bertz CT molecular complexity index is 1900. The summed E-state index contributed by atoms with van der Waals surface area (Å²) in [6.07, 6.45) is 55.0. The van der Waals surface area contributed by atoms with Gasteiger partial charge in [0.25, 0.3) is 0 Å². The average molecular weight is 1360 g/mol. The van der Waals surface area contributed by atoms with Crippen LogP contribution in [0.5, 0.6) is 0 Å². The van der Waals surface area contributed by atoms with Crippen LogP contribution >= 0.6 is 15.6 Å². The van der Waals surface area contributed by atoms with E-state index in [0.29, 0.717) is 31.6 Å². The molecule has 0 amide bonds. The lowest BCUT2D eigenvalue weighted by Gasteiger charge is -2.21. The summed E-state index contributed by atoms with van der Waals surface area (Å²) in [5.41, 5.74) is 0. The number of phosphoric ester groups is 2. The lowest BCUT2D eigenvalue weighted by molar-refractivity contribution is -0.161. The van der Waals surface area contributed by atoms with E-state index < -0.39 is 97.5 Å². The number of esters is 4. The monoisotopic (exact) mass is 1360 g/mol. The molecule has 93 heavy (non-hydrogen) atoms. The summed E-state index contributed by atoms with van der Waals surface area (Å²) < 4.78 is 68.4. The Morgan fingerprint density at radius 2 is 0.581 bits per heavy atom. The van der Waals surface area contributed by atoms with Crippen LogP contribution in [0.2, 0.25) is 0 Å². The van der Waals surface area contributed by atoms with E-state index in [-0.39, 0.29) is 25.7 Å². The van der Waals surface area contributed by atoms with E-state index in [2.05, 4.69) is 65.8 Å². The van der Waals surface area contributed by atoms with E-state index in [1.165, 1.54) is 154 Å². The highest BCUT2D eigenvalue weighted by Crippen LogP contribution is 2.45. The summed E-state index contributed by atoms with van der Waals surface area (Å²) in [7, 11) is -9.92. The van der Waals surface area contributed by atoms with Crippen LogP contribution in [0.15, 0.2) is 24.3 Å². The highest BCUT2D eigenvalue weighted by Gasteiger charge is 2.30. The number of allylic oxidation sites excluding steroid dienone is 4. The number of phosphoric acid groups is 2. The minimum atomic E-state index is -4.96. The van der Waals surface area contributed by atoms with Crippen molar-refractivity contribution in [2.75, 3.05) is 39.6 Å². The van der Waals surface area contributed by atoms with Crippen molar-refractivity contribution >= 4 is 39.5 Å². The van der Waals surface area contributed by atoms with Crippen LogP contribution in [0.4, 0.5) is 0 Å². The van der Waals surface area contributed by atoms with E-state index in [1.807, 2.05) is 0 Å². The maximum atomic E-state index is 13.1. The highest BCUT2D eigenvalue weighted by molar-refractivity contribution is 7.47. The van der Waals surface area contributed by atoms with E-state index in [4.69, 9.17) is 37.0 Å². The number of ether oxygens (including phenoxy) is 4. The smallest absolute Gasteiger partial charge is 0.462 e. The molecule has 5 atom stereocenters. The number of hydrogen-bond acceptors (Lipinski definition) is 15. The minimum Gasteiger partial charge on any atom is -0.462 e. The van der Waals surface area contributed by atoms with Gasteiger partial charge < -0.3 is 33.8 Å². The summed E-state index contributed by atoms with van der Waals surface area (Å²) in [5, 5.41) is 10.6. The molecule has 0 saturated carbocycles. The second-order valence-electron chi connectivity index (χ2n) is 27.0. The van der Waals surface area contributed by atoms with Crippen molar-refractivity contribution in [3.8, 4) is 0 Å². The standard InChI is InChI=1S/C74H140O17P2/c1-7-9-11-13-15-17-19-21-23-25-31-35-39-47-53-59-73(78)90-69(62-84-71(76)56-50-44-37-33-29-27-26-28-32-36-42-48-54-66(3)4)64-88-92(80,81)86-60-68(75)61-87-93(82,83)89-65-70(63-85-72(77)57-51-45-41-40-43-49-55-67(5)6)91-74(79)58-52-46-38-34-30-24-22-20-18-16-14-12-10-8-2/h17,19,21,23,66-70,75H,7-16,18,20,22,24-65H2,1-6H3,(H,80,81)(H,82,83)/b19-17-,23-21-/t68-,69-,70-/m1/s1. The SMILES string of the molecule is CCCCCC/C=C\C=C/CCCCCCCC(=O)O[C@H](COC(=O)CCCCCCCCCCCCCCC(C)C)COP(=O)(O)OC[C@@H](O)COP(=O)(O)OC[C@@H](COC(=O)CCCCCCCCC(C)C)OC(=O)CCCCCCCCCCCCCCCC. The first-order chi connectivity index (χ1) is 44.9. The second kappa shape index (κ2) is 65.5. The summed E-state index contributed by atoms with van der Waals surface area (Å²) in [5.74, 6) is -0.693. The topological polar surface area (TPSA) is 237 Å². The van der Waals surface area contributed by atoms with Gasteiger partial charge in [-0.3, -0.25) is 37.3 Å². The fraction of sp³-hybridized carbons (Fsp3) is 0.892. The third kappa shape index (κ3) is 67.9. The predicted molar refractivity (Wildman–Crippen MR) is 377 cm³/mol. The van der Waals surface area contributed by atoms with Gasteiger partial charge in [-0.2, -0.15) is 0 Å². The van der Waals surface area contributed by atoms with Crippen molar-refractivity contribution in [1.29, 1.82) is 0 Å². The first-order valence-corrected chi connectivity index (χ1v) is 40.8. The lowest BCUT2D eigenvalue weighted by Crippen LogP contribution is -2.30. The van der Waals surface area contributed by atoms with Gasteiger partial charge in [0.15, 0.2) is 12.2 Å². The molecule has 0 spiro atoms. The van der Waals surface area contributed by atoms with Crippen LogP contribution in [0.1, 0.15) is 356 Å². The average Bonchev–Trinajstić information content (AvgIpc) is 2.13. The Morgan fingerprint density at radius 1 is 0.333 bits per heavy atom. The second-order valence-corrected chi connectivity index (χ2v) is 29.9. The summed E-state index contributed by atoms with van der Waals surface area (Å²) >= 11 is 0. The quantitative estimate of drug-likeness (QED) is 0.0169. The number of aliphatic hydroxyl groups is 1. The predicted octanol–water partition coefficient (Wildman–Crippen LogP) is 21.1. The van der Waals surface area contributed by atoms with Crippen molar-refractivity contribution in [2.24, 2.45) is 11.8 Å². The molecule has 0 bridgehead atoms. The fourth-order valence-electron chi connectivity index (χ4n) is 10.8. The summed E-state index contributed by atoms with van der Waals surface area (Å²) in [6, 6.07) is 0. The zero-order valence-corrected chi connectivity index (χ0v) is 61.8. The normalized spacial score (nSPS) is 14.2. The molecule has 0 fully saturated rings. The van der Waals surface area contributed by atoms with Gasteiger partial charge in [0.05, 0.1) is 26.4 Å². The third-order valence-corrected chi connectivity index (χ3v) is 18.5. The molecule has 3 N–H and O–H groups in total. The molecule has 548 valence electrons. The van der Waals surface area contributed by atoms with Crippen molar-refractivity contribution in [3.63, 3.8) is 0 Å². The van der Waals surface area contributed by atoms with Crippen molar-refractivity contribution < 1.29 is 80.2 Å². The molecule has 0 aromatic rings. The van der Waals surface area contributed by atoms with Gasteiger partial charge in [-0.1, -0.05) is 303 Å². The lowest BCUT2D eigenvalue weighted by atomic mass is 10.0. The van der Waals surface area contributed by atoms with Crippen LogP contribution in [-0.4, -0.2) is 96.7 Å². The number of unbranched alkanes of at least 4 members (excludes halogenated alkanes) is 38. The van der Waals surface area contributed by atoms with Crippen LogP contribution < -0.4 is 0 Å². The number of carbonyl (C=O) groups is 4. The van der Waals surface area contributed by atoms with Gasteiger partial charge in [-0.25, -0.2) is 9.13 Å². The molecular formula is C74H140O17P2. The number of carbonyl (C=O) groups excluding carboxylic acids is 4. The van der Waals surface area contributed by atoms with E-state index in [1.54, 1.807) is 0 Å². The molecule has 0 aromatic carbocycles. The number of rotatable bonds is 71. The molecule has 0 aromatic heterocycles. The Hall–Kier alpha value is -2.46. The Kier molecular flexibility index (Phi) is 63.7. The molecule has 17 nitrogen and oxygen atoms in total. The van der Waals surface area contributed by atoms with Crippen LogP contribution in [-0.2, 0) is 65.4 Å². The minimum absolute atomic E-state index is 0.0849. The van der Waals surface area contributed by atoms with Gasteiger partial charge in [0.2, 0.25) is 0 Å². The van der Waals surface area contributed by atoms with Crippen molar-refractivity contribution in [3.05, 3.63) is 24.3 Å². The fourth-order valence-corrected chi connectivity index (χ4v) is 12.3. The zero-order chi connectivity index (χ0) is 68.6. The van der Waals surface area contributed by atoms with Gasteiger partial charge in [0, 0.05) is 25.7 Å². The number of hydrogen-bond donors (Lipinski definition) is 3. The maximum absolute atomic E-state index is 13.1. The molecule has 0 aliphatic rings. The largest absolute Gasteiger partial charge is 0.472 e. The van der Waals surface area contributed by atoms with E-state index >= 15 is 0 Å². The van der Waals surface area contributed by atoms with Gasteiger partial charge in [0.1, 0.15) is 19.3 Å². The number of aliphatic hydroxyl groups excluding tert-OH is 1. The molecule has 0 aliphatic carbocycles. The van der Waals surface area contributed by atoms with Crippen LogP contribution in [0.3, 0.4) is 0 Å². The zero-order valence-electron chi connectivity index (χ0n) is 60.0. The molecule has 2 unspecified atom stereocenters. The van der Waals surface area contributed by atoms with E-state index in [0.717, 1.165) is 115 Å². The third-order valence-electron chi connectivity index (χ3n) is 16.6. The highest BCUT2D eigenvalue weighted by atomic mass is 31.2. The molecule has 19 heteroatoms. The van der Waals surface area contributed by atoms with Crippen LogP contribution in [0.25, 0.3) is 0 Å². The Labute approximate surface area is 567 Å². The molecule has 0 saturated heterocycles. The van der Waals surface area contributed by atoms with Crippen molar-refractivity contribution in [2.45, 2.75) is 374 Å². The van der Waals surface area contributed by atoms with Gasteiger partial charge in [-0.15, -0.1) is 0 Å². The molecule has 0 heterocycles. The van der Waals surface area contributed by atoms with Gasteiger partial charge in [-0.05, 0) is 63.2 Å². The molecule has 0 aliphatic heterocycles. The summed E-state index contributed by atoms with van der Waals surface area (Å²) in [4.78, 5) is 72.7. The molecule has 0 radical (unpaired) electrons. The summed E-state index contributed by atoms with van der Waals surface area (Å²) in [6.45, 7) is 9.44. The van der Waals surface area contributed by atoms with Crippen molar-refractivity contribution in [1.82, 2.24) is 0 Å². The molecule has 0 rings (SSSR count). The first-order valence-electron chi connectivity index (χ1n) is 37.8. The Morgan fingerprint density at radius 3 is 0.882 bits per heavy atom.